The van der Waals surface area contributed by atoms with Crippen LogP contribution in [0.2, 0.25) is 0 Å². The highest BCUT2D eigenvalue weighted by molar-refractivity contribution is 7.92. The third-order valence-electron chi connectivity index (χ3n) is 5.22. The predicted molar refractivity (Wildman–Crippen MR) is 138 cm³/mol. The summed E-state index contributed by atoms with van der Waals surface area (Å²) < 4.78 is 80.8. The van der Waals surface area contributed by atoms with Crippen LogP contribution < -0.4 is 13.7 Å². The molecule has 0 radical (unpaired) electrons. The number of sulfonamides is 1. The molecule has 1 saturated heterocycles. The number of amides is 1. The van der Waals surface area contributed by atoms with Crippen LogP contribution in [0.1, 0.15) is 64.9 Å². The van der Waals surface area contributed by atoms with Crippen molar-refractivity contribution >= 4 is 41.9 Å². The Bertz CT molecular complexity index is 1180. The maximum absolute atomic E-state index is 11.8. The van der Waals surface area contributed by atoms with E-state index in [9.17, 15) is 35.2 Å². The number of nitrogens with zero attached hydrogens (tertiary/aromatic N) is 1. The van der Waals surface area contributed by atoms with Crippen LogP contribution in [0, 0.1) is 0 Å². The van der Waals surface area contributed by atoms with Crippen LogP contribution in [0.15, 0.2) is 18.2 Å². The van der Waals surface area contributed by atoms with Gasteiger partial charge in [-0.25, -0.2) is 22.2 Å². The molecule has 1 fully saturated rings. The third kappa shape index (κ3) is 11.4. The van der Waals surface area contributed by atoms with Crippen molar-refractivity contribution in [1.29, 1.82) is 0 Å². The van der Waals surface area contributed by atoms with E-state index in [1.807, 2.05) is 4.72 Å². The number of unbranched alkanes of at least 4 members (excludes halogenated alkanes) is 5. The molecular formula is C21H37N3O9S3. The van der Waals surface area contributed by atoms with Gasteiger partial charge in [0.2, 0.25) is 10.0 Å². The number of nitrogens with one attached hydrogen (secondary N) is 2. The number of benzene rings is 1. The summed E-state index contributed by atoms with van der Waals surface area (Å²) in [7, 11) is -11.1. The first kappa shape index (κ1) is 32.1. The first-order valence-corrected chi connectivity index (χ1v) is 16.3. The van der Waals surface area contributed by atoms with Crippen molar-refractivity contribution in [2.24, 2.45) is 0 Å². The van der Waals surface area contributed by atoms with Gasteiger partial charge in [-0.3, -0.25) is 9.35 Å². The van der Waals surface area contributed by atoms with Crippen molar-refractivity contribution in [3.05, 3.63) is 23.8 Å². The zero-order valence-electron chi connectivity index (χ0n) is 20.8. The average molecular weight is 572 g/mol. The molecule has 2 rings (SSSR count). The third-order valence-corrected chi connectivity index (χ3v) is 9.27. The average Bonchev–Trinajstić information content (AvgIpc) is 3.02. The number of anilines is 1. The number of carbonyl (C=O) groups excluding carboxylic acids is 1. The number of aromatic hydroxyl groups is 1. The lowest BCUT2D eigenvalue weighted by molar-refractivity contribution is -0.117. The molecule has 0 saturated carbocycles. The van der Waals surface area contributed by atoms with E-state index in [0.29, 0.717) is 18.4 Å². The number of rotatable bonds is 13. The minimum Gasteiger partial charge on any atom is -0.506 e. The van der Waals surface area contributed by atoms with Crippen LogP contribution in [0.5, 0.6) is 5.75 Å². The fraction of sp³-hybridized carbons (Fsp3) is 0.667. The summed E-state index contributed by atoms with van der Waals surface area (Å²) in [6, 6.07) is 4.29. The van der Waals surface area contributed by atoms with Gasteiger partial charge in [-0.1, -0.05) is 45.1 Å². The standard InChI is InChI=1S/C13H19N3O6S2.C8H18O3S/c1-9(2)23(19,20)14-6-5-10-3-4-11(12(17)7-10)16-8-13(18)15-24(16,21)22;1-2-3-4-5-6-7-8-12(9,10)11/h3-4,7,9,14,17H,5-6,8H2,1-2H3,(H,15,18);2-8H2,1H3,(H,9,10,11). The molecule has 1 aromatic carbocycles. The normalized spacial score (nSPS) is 15.5. The molecule has 15 heteroatoms. The van der Waals surface area contributed by atoms with Crippen LogP contribution >= 0.6 is 0 Å². The van der Waals surface area contributed by atoms with Gasteiger partial charge in [-0.2, -0.15) is 16.8 Å². The summed E-state index contributed by atoms with van der Waals surface area (Å²) >= 11 is 0. The SMILES string of the molecule is CC(C)S(=O)(=O)NCCc1ccc(N2CC(=O)NS2(=O)=O)c(O)c1.CCCCCCCCS(=O)(=O)O. The van der Waals surface area contributed by atoms with Crippen LogP contribution in [-0.4, -0.2) is 64.9 Å². The molecule has 208 valence electrons. The Balaban J connectivity index is 0.000000457. The minimum atomic E-state index is -3.99. The van der Waals surface area contributed by atoms with Gasteiger partial charge in [-0.05, 0) is 44.4 Å². The monoisotopic (exact) mass is 571 g/mol. The molecule has 0 spiro atoms. The highest BCUT2D eigenvalue weighted by Crippen LogP contribution is 2.31. The molecule has 0 aliphatic carbocycles. The summed E-state index contributed by atoms with van der Waals surface area (Å²) in [5.74, 6) is -1.07. The smallest absolute Gasteiger partial charge is 0.326 e. The maximum Gasteiger partial charge on any atom is 0.326 e. The van der Waals surface area contributed by atoms with Crippen molar-refractivity contribution < 1.29 is 39.7 Å². The van der Waals surface area contributed by atoms with Gasteiger partial charge in [0.05, 0.1) is 16.7 Å². The number of phenols is 1. The highest BCUT2D eigenvalue weighted by atomic mass is 32.2. The molecule has 1 aliphatic rings. The Morgan fingerprint density at radius 3 is 2.19 bits per heavy atom. The van der Waals surface area contributed by atoms with Crippen LogP contribution in [0.3, 0.4) is 0 Å². The number of phenolic OH excluding ortho intramolecular Hbond substituents is 1. The zero-order valence-corrected chi connectivity index (χ0v) is 23.3. The predicted octanol–water partition coefficient (Wildman–Crippen LogP) is 1.68. The molecule has 0 aromatic heterocycles. The van der Waals surface area contributed by atoms with E-state index >= 15 is 0 Å². The number of hydrogen-bond acceptors (Lipinski definition) is 8. The molecule has 36 heavy (non-hydrogen) atoms. The fourth-order valence-electron chi connectivity index (χ4n) is 3.17. The van der Waals surface area contributed by atoms with Gasteiger partial charge in [0.15, 0.2) is 0 Å². The van der Waals surface area contributed by atoms with Crippen molar-refractivity contribution in [3.8, 4) is 5.75 Å². The van der Waals surface area contributed by atoms with E-state index in [-0.39, 0.29) is 23.7 Å². The van der Waals surface area contributed by atoms with E-state index in [4.69, 9.17) is 4.55 Å². The maximum atomic E-state index is 11.8. The lowest BCUT2D eigenvalue weighted by Gasteiger charge is -2.17. The van der Waals surface area contributed by atoms with Crippen molar-refractivity contribution in [3.63, 3.8) is 0 Å². The van der Waals surface area contributed by atoms with Crippen molar-refractivity contribution in [1.82, 2.24) is 9.44 Å². The first-order valence-electron chi connectivity index (χ1n) is 11.7. The molecule has 12 nitrogen and oxygen atoms in total. The van der Waals surface area contributed by atoms with Gasteiger partial charge in [0.25, 0.3) is 16.0 Å². The largest absolute Gasteiger partial charge is 0.506 e. The fourth-order valence-corrected chi connectivity index (χ4v) is 5.62. The molecular weight excluding hydrogens is 534 g/mol. The lowest BCUT2D eigenvalue weighted by Crippen LogP contribution is -2.32. The Labute approximate surface area is 214 Å². The Kier molecular flexibility index (Phi) is 12.6. The minimum absolute atomic E-state index is 0.0140. The first-order chi connectivity index (χ1) is 16.6. The van der Waals surface area contributed by atoms with Gasteiger partial charge in [0.1, 0.15) is 12.3 Å². The van der Waals surface area contributed by atoms with E-state index in [1.165, 1.54) is 31.4 Å². The Morgan fingerprint density at radius 1 is 1.08 bits per heavy atom. The summed E-state index contributed by atoms with van der Waals surface area (Å²) in [5, 5.41) is 9.49. The quantitative estimate of drug-likeness (QED) is 0.202. The lowest BCUT2D eigenvalue weighted by atomic mass is 10.1. The highest BCUT2D eigenvalue weighted by Gasteiger charge is 2.35. The second-order valence-corrected chi connectivity index (χ2v) is 14.1. The molecule has 0 bridgehead atoms. The summed E-state index contributed by atoms with van der Waals surface area (Å²) in [5.41, 5.74) is 0.610. The summed E-state index contributed by atoms with van der Waals surface area (Å²) in [6.07, 6.45) is 6.46. The number of hydrogen-bond donors (Lipinski definition) is 4. The Hall–Kier alpha value is -1.94. The zero-order chi connectivity index (χ0) is 27.6. The van der Waals surface area contributed by atoms with E-state index < -0.39 is 48.1 Å². The van der Waals surface area contributed by atoms with E-state index in [1.54, 1.807) is 19.9 Å². The van der Waals surface area contributed by atoms with Gasteiger partial charge in [-0.15, -0.1) is 0 Å². The molecule has 0 atom stereocenters. The molecule has 1 aromatic rings. The van der Waals surface area contributed by atoms with Gasteiger partial charge < -0.3 is 5.11 Å². The topological polar surface area (TPSA) is 187 Å². The second-order valence-electron chi connectivity index (χ2n) is 8.65. The number of carbonyl (C=O) groups is 1. The van der Waals surface area contributed by atoms with Crippen LogP contribution in [-0.2, 0) is 41.6 Å². The van der Waals surface area contributed by atoms with Crippen molar-refractivity contribution in [2.75, 3.05) is 23.1 Å². The molecule has 1 heterocycles. The summed E-state index contributed by atoms with van der Waals surface area (Å²) in [6.45, 7) is 5.02. The van der Waals surface area contributed by atoms with Gasteiger partial charge >= 0.3 is 10.2 Å². The van der Waals surface area contributed by atoms with E-state index in [2.05, 4.69) is 11.6 Å². The molecule has 1 aliphatic heterocycles. The molecule has 1 amide bonds. The van der Waals surface area contributed by atoms with Crippen molar-refractivity contribution in [2.45, 2.75) is 71.0 Å². The Morgan fingerprint density at radius 2 is 1.69 bits per heavy atom. The second kappa shape index (κ2) is 14.1. The summed E-state index contributed by atoms with van der Waals surface area (Å²) in [4.78, 5) is 11.2. The molecule has 4 N–H and O–H groups in total. The van der Waals surface area contributed by atoms with E-state index in [0.717, 1.165) is 17.1 Å². The van der Waals surface area contributed by atoms with Crippen LogP contribution in [0.25, 0.3) is 0 Å². The van der Waals surface area contributed by atoms with Crippen LogP contribution in [0.4, 0.5) is 5.69 Å². The van der Waals surface area contributed by atoms with Gasteiger partial charge in [0, 0.05) is 6.54 Å². The molecule has 0 unspecified atom stereocenters.